The van der Waals surface area contributed by atoms with E-state index in [1.165, 1.54) is 24.5 Å². The number of halogens is 1. The second-order valence-electron chi connectivity index (χ2n) is 7.54. The van der Waals surface area contributed by atoms with E-state index in [1.807, 2.05) is 6.07 Å². The van der Waals surface area contributed by atoms with Crippen LogP contribution in [0.4, 0.5) is 5.00 Å². The number of hydrogen-bond acceptors (Lipinski definition) is 7. The molecule has 3 aromatic rings. The van der Waals surface area contributed by atoms with Crippen molar-refractivity contribution in [3.05, 3.63) is 68.3 Å². The number of nitrogens with one attached hydrogen (secondary N) is 1. The number of ether oxygens (including phenoxy) is 1. The smallest absolute Gasteiger partial charge is 0.339 e. The van der Waals surface area contributed by atoms with Gasteiger partial charge in [-0.15, -0.1) is 11.3 Å². The van der Waals surface area contributed by atoms with Gasteiger partial charge in [-0.05, 0) is 61.6 Å². The van der Waals surface area contributed by atoms with E-state index in [0.717, 1.165) is 36.1 Å². The summed E-state index contributed by atoms with van der Waals surface area (Å²) in [7, 11) is 1.26. The number of amides is 1. The van der Waals surface area contributed by atoms with Gasteiger partial charge in [-0.3, -0.25) is 4.79 Å². The van der Waals surface area contributed by atoms with Crippen molar-refractivity contribution in [3.63, 3.8) is 0 Å². The lowest BCUT2D eigenvalue weighted by Gasteiger charge is -2.09. The Morgan fingerprint density at radius 3 is 2.74 bits per heavy atom. The number of anilines is 1. The maximum absolute atomic E-state index is 12.8. The summed E-state index contributed by atoms with van der Waals surface area (Å²) < 4.78 is 10.5. The van der Waals surface area contributed by atoms with Crippen molar-refractivity contribution in [2.75, 3.05) is 12.4 Å². The van der Waals surface area contributed by atoms with Gasteiger partial charge in [0.1, 0.15) is 34.2 Å². The molecule has 0 unspecified atom stereocenters. The summed E-state index contributed by atoms with van der Waals surface area (Å²) in [5, 5.41) is 22.6. The van der Waals surface area contributed by atoms with Gasteiger partial charge >= 0.3 is 5.97 Å². The lowest BCUT2D eigenvalue weighted by Crippen LogP contribution is -2.13. The first-order chi connectivity index (χ1) is 16.4. The molecule has 1 amide bonds. The third-order valence-corrected chi connectivity index (χ3v) is 6.98. The van der Waals surface area contributed by atoms with Gasteiger partial charge in [0.2, 0.25) is 0 Å². The van der Waals surface area contributed by atoms with Gasteiger partial charge in [0, 0.05) is 16.5 Å². The molecule has 0 spiro atoms. The summed E-state index contributed by atoms with van der Waals surface area (Å²) in [6.07, 6.45) is 5.12. The number of furan rings is 1. The summed E-state index contributed by atoms with van der Waals surface area (Å²) >= 11 is 7.46. The largest absolute Gasteiger partial charge is 0.465 e. The molecule has 1 N–H and O–H groups in total. The molecule has 0 atom stereocenters. The number of carbonyl (C=O) groups is 2. The number of carbonyl (C=O) groups excluding carboxylic acids is 2. The van der Waals surface area contributed by atoms with Crippen molar-refractivity contribution in [2.24, 2.45) is 0 Å². The molecule has 0 radical (unpaired) electrons. The third kappa shape index (κ3) is 4.60. The van der Waals surface area contributed by atoms with Crippen LogP contribution in [0.5, 0.6) is 0 Å². The molecule has 34 heavy (non-hydrogen) atoms. The van der Waals surface area contributed by atoms with Gasteiger partial charge in [0.15, 0.2) is 0 Å². The molecule has 0 bridgehead atoms. The number of methoxy groups -OCH3 is 1. The van der Waals surface area contributed by atoms with Crippen LogP contribution in [-0.4, -0.2) is 19.0 Å². The Hall–Kier alpha value is -3.85. The molecule has 1 aliphatic carbocycles. The van der Waals surface area contributed by atoms with Crippen LogP contribution in [0.25, 0.3) is 17.4 Å². The number of esters is 1. The lowest BCUT2D eigenvalue weighted by molar-refractivity contribution is -0.112. The zero-order valence-electron chi connectivity index (χ0n) is 18.1. The minimum atomic E-state index is -0.616. The molecule has 1 aromatic carbocycles. The number of fused-ring (bicyclic) bond motifs is 1. The Morgan fingerprint density at radius 1 is 1.21 bits per heavy atom. The van der Waals surface area contributed by atoms with Crippen LogP contribution >= 0.6 is 22.9 Å². The molecule has 0 aliphatic heterocycles. The Bertz CT molecular complexity index is 1400. The van der Waals surface area contributed by atoms with Crippen molar-refractivity contribution in [1.82, 2.24) is 0 Å². The molecule has 7 nitrogen and oxygen atoms in total. The summed E-state index contributed by atoms with van der Waals surface area (Å²) in [6, 6.07) is 12.1. The number of thiophene rings is 1. The lowest BCUT2D eigenvalue weighted by atomic mass is 9.96. The predicted molar refractivity (Wildman–Crippen MR) is 128 cm³/mol. The van der Waals surface area contributed by atoms with Crippen molar-refractivity contribution in [1.29, 1.82) is 10.5 Å². The van der Waals surface area contributed by atoms with Gasteiger partial charge in [0.05, 0.1) is 23.3 Å². The maximum atomic E-state index is 12.8. The number of benzene rings is 1. The highest BCUT2D eigenvalue weighted by Crippen LogP contribution is 2.38. The fourth-order valence-corrected chi connectivity index (χ4v) is 5.19. The molecule has 0 saturated heterocycles. The highest BCUT2D eigenvalue weighted by molar-refractivity contribution is 7.16. The second kappa shape index (κ2) is 9.96. The average molecular weight is 492 g/mol. The first-order valence-corrected chi connectivity index (χ1v) is 11.6. The highest BCUT2D eigenvalue weighted by Gasteiger charge is 2.23. The molecular weight excluding hydrogens is 474 g/mol. The molecular formula is C25H18ClN3O4S. The molecule has 0 saturated carbocycles. The second-order valence-corrected chi connectivity index (χ2v) is 9.05. The predicted octanol–water partition coefficient (Wildman–Crippen LogP) is 5.74. The van der Waals surface area contributed by atoms with Crippen LogP contribution < -0.4 is 5.32 Å². The zero-order valence-corrected chi connectivity index (χ0v) is 19.7. The molecule has 2 heterocycles. The first-order valence-electron chi connectivity index (χ1n) is 10.4. The van der Waals surface area contributed by atoms with Gasteiger partial charge in [-0.1, -0.05) is 11.6 Å². The topological polar surface area (TPSA) is 116 Å². The third-order valence-electron chi connectivity index (χ3n) is 5.44. The van der Waals surface area contributed by atoms with Crippen molar-refractivity contribution in [2.45, 2.75) is 25.7 Å². The number of nitriles is 2. The van der Waals surface area contributed by atoms with E-state index in [4.69, 9.17) is 20.8 Å². The Labute approximate surface area is 204 Å². The summed E-state index contributed by atoms with van der Waals surface area (Å²) in [6.45, 7) is 0. The fourth-order valence-electron chi connectivity index (χ4n) is 3.76. The molecule has 170 valence electrons. The van der Waals surface area contributed by atoms with E-state index in [-0.39, 0.29) is 21.9 Å². The Kier molecular flexibility index (Phi) is 6.83. The molecule has 9 heteroatoms. The molecule has 1 aliphatic rings. The Morgan fingerprint density at radius 2 is 2.00 bits per heavy atom. The van der Waals surface area contributed by atoms with E-state index < -0.39 is 11.9 Å². The highest BCUT2D eigenvalue weighted by atomic mass is 35.5. The van der Waals surface area contributed by atoms with Gasteiger partial charge in [-0.25, -0.2) is 4.79 Å². The Balaban J connectivity index is 1.57. The van der Waals surface area contributed by atoms with Gasteiger partial charge in [0.25, 0.3) is 5.91 Å². The summed E-state index contributed by atoms with van der Waals surface area (Å²) in [5.74, 6) is -0.491. The van der Waals surface area contributed by atoms with Crippen molar-refractivity contribution < 1.29 is 18.7 Å². The van der Waals surface area contributed by atoms with Crippen molar-refractivity contribution in [3.8, 4) is 23.5 Å². The molecule has 4 rings (SSSR count). The number of rotatable bonds is 5. The van der Waals surface area contributed by atoms with Crippen molar-refractivity contribution >= 4 is 45.9 Å². The minimum Gasteiger partial charge on any atom is -0.465 e. The number of aryl methyl sites for hydroxylation is 1. The number of hydrogen-bond donors (Lipinski definition) is 1. The summed E-state index contributed by atoms with van der Waals surface area (Å²) in [5.41, 5.74) is 2.09. The zero-order chi connectivity index (χ0) is 24.2. The van der Waals surface area contributed by atoms with Crippen LogP contribution in [0.1, 0.15) is 45.0 Å². The van der Waals surface area contributed by atoms with Gasteiger partial charge in [-0.2, -0.15) is 10.5 Å². The van der Waals surface area contributed by atoms with Crippen LogP contribution in [0, 0.1) is 22.7 Å². The van der Waals surface area contributed by atoms with E-state index in [1.54, 1.807) is 30.3 Å². The van der Waals surface area contributed by atoms with Crippen LogP contribution in [0.15, 0.2) is 40.3 Å². The van der Waals surface area contributed by atoms with E-state index in [9.17, 15) is 20.1 Å². The quantitative estimate of drug-likeness (QED) is 0.276. The van der Waals surface area contributed by atoms with E-state index in [2.05, 4.69) is 11.4 Å². The van der Waals surface area contributed by atoms with Crippen LogP contribution in [0.3, 0.4) is 0 Å². The average Bonchev–Trinajstić information content (AvgIpc) is 3.46. The number of nitrogens with zero attached hydrogens (tertiary/aromatic N) is 2. The van der Waals surface area contributed by atoms with E-state index >= 15 is 0 Å². The standard InChI is InChI=1S/C25H18ClN3O4S/c1-32-25(31)18-11-14(6-8-20(18)26)21-9-7-16(33-21)10-15(12-27)23(30)29-24-19(13-28)17-4-2-3-5-22(17)34-24/h6-11H,2-5H2,1H3,(H,29,30)/b15-10+. The molecule has 0 fully saturated rings. The van der Waals surface area contributed by atoms with E-state index in [0.29, 0.717) is 21.9 Å². The fraction of sp³-hybridized carbons (Fsp3) is 0.200. The van der Waals surface area contributed by atoms with Crippen LogP contribution in [-0.2, 0) is 22.4 Å². The molecule has 2 aromatic heterocycles. The first kappa shape index (κ1) is 23.3. The van der Waals surface area contributed by atoms with Crippen LogP contribution in [0.2, 0.25) is 5.02 Å². The van der Waals surface area contributed by atoms with Gasteiger partial charge < -0.3 is 14.5 Å². The summed E-state index contributed by atoms with van der Waals surface area (Å²) in [4.78, 5) is 25.8. The minimum absolute atomic E-state index is 0.164. The SMILES string of the molecule is COC(=O)c1cc(-c2ccc(/C=C(\C#N)C(=O)Nc3sc4c(c3C#N)CCCC4)o2)ccc1Cl. The maximum Gasteiger partial charge on any atom is 0.339 e. The normalized spacial score (nSPS) is 12.9. The monoisotopic (exact) mass is 491 g/mol.